The van der Waals surface area contributed by atoms with Crippen molar-refractivity contribution in [2.24, 2.45) is 5.73 Å². The molecule has 0 aliphatic heterocycles. The van der Waals surface area contributed by atoms with E-state index in [0.29, 0.717) is 24.6 Å². The van der Waals surface area contributed by atoms with Crippen molar-refractivity contribution in [3.8, 4) is 0 Å². The number of pyridine rings is 1. The molecule has 2 aromatic heterocycles. The van der Waals surface area contributed by atoms with Gasteiger partial charge in [0.15, 0.2) is 0 Å². The first kappa shape index (κ1) is 10.5. The Kier molecular flexibility index (Phi) is 3.07. The van der Waals surface area contributed by atoms with Crippen molar-refractivity contribution < 1.29 is 0 Å². The van der Waals surface area contributed by atoms with Gasteiger partial charge in [0.25, 0.3) is 0 Å². The lowest BCUT2D eigenvalue weighted by Crippen LogP contribution is -2.07. The van der Waals surface area contributed by atoms with Gasteiger partial charge in [0.1, 0.15) is 11.6 Å². The molecule has 16 heavy (non-hydrogen) atoms. The molecule has 0 saturated heterocycles. The second-order valence-electron chi connectivity index (χ2n) is 3.43. The maximum Gasteiger partial charge on any atom is 0.135 e. The minimum absolute atomic E-state index is 0.362. The Morgan fingerprint density at radius 1 is 1.19 bits per heavy atom. The van der Waals surface area contributed by atoms with E-state index < -0.39 is 0 Å². The molecule has 0 fully saturated rings. The van der Waals surface area contributed by atoms with Crippen LogP contribution in [0.15, 0.2) is 30.7 Å². The van der Waals surface area contributed by atoms with Gasteiger partial charge < -0.3 is 11.5 Å². The van der Waals surface area contributed by atoms with Gasteiger partial charge in [0.05, 0.1) is 0 Å². The van der Waals surface area contributed by atoms with Gasteiger partial charge in [-0.25, -0.2) is 9.97 Å². The lowest BCUT2D eigenvalue weighted by molar-refractivity contribution is 0.932. The highest BCUT2D eigenvalue weighted by Gasteiger charge is 2.03. The molecule has 4 N–H and O–H groups in total. The molecule has 2 rings (SSSR count). The van der Waals surface area contributed by atoms with Crippen molar-refractivity contribution in [3.63, 3.8) is 0 Å². The Morgan fingerprint density at radius 2 is 1.94 bits per heavy atom. The van der Waals surface area contributed by atoms with Crippen LogP contribution in [-0.2, 0) is 13.0 Å². The number of nitrogens with two attached hydrogens (primary N) is 2. The Labute approximate surface area is 93.6 Å². The minimum atomic E-state index is 0.362. The van der Waals surface area contributed by atoms with Crippen LogP contribution in [0.5, 0.6) is 0 Å². The first-order valence-corrected chi connectivity index (χ1v) is 4.99. The highest BCUT2D eigenvalue weighted by Crippen LogP contribution is 2.09. The predicted molar refractivity (Wildman–Crippen MR) is 61.4 cm³/mol. The molecule has 2 aromatic rings. The van der Waals surface area contributed by atoms with Gasteiger partial charge in [-0.15, -0.1) is 0 Å². The van der Waals surface area contributed by atoms with Crippen LogP contribution in [0.2, 0.25) is 0 Å². The van der Waals surface area contributed by atoms with E-state index in [4.69, 9.17) is 11.5 Å². The van der Waals surface area contributed by atoms with Gasteiger partial charge in [-0.1, -0.05) is 0 Å². The van der Waals surface area contributed by atoms with Crippen molar-refractivity contribution >= 4 is 5.82 Å². The summed E-state index contributed by atoms with van der Waals surface area (Å²) in [4.78, 5) is 12.4. The topological polar surface area (TPSA) is 90.7 Å². The number of hydrogen-bond acceptors (Lipinski definition) is 5. The number of anilines is 1. The summed E-state index contributed by atoms with van der Waals surface area (Å²) in [6.07, 6.45) is 5.82. The van der Waals surface area contributed by atoms with Crippen LogP contribution in [0.25, 0.3) is 0 Å². The van der Waals surface area contributed by atoms with E-state index >= 15 is 0 Å². The van der Waals surface area contributed by atoms with Gasteiger partial charge in [0, 0.05) is 37.1 Å². The van der Waals surface area contributed by atoms with Gasteiger partial charge in [-0.3, -0.25) is 4.98 Å². The summed E-state index contributed by atoms with van der Waals surface area (Å²) in [5.41, 5.74) is 13.1. The smallest absolute Gasteiger partial charge is 0.135 e. The van der Waals surface area contributed by atoms with E-state index in [-0.39, 0.29) is 0 Å². The zero-order valence-electron chi connectivity index (χ0n) is 8.80. The normalized spacial score (nSPS) is 10.3. The van der Waals surface area contributed by atoms with E-state index in [1.807, 2.05) is 12.1 Å². The Morgan fingerprint density at radius 3 is 2.56 bits per heavy atom. The highest BCUT2D eigenvalue weighted by molar-refractivity contribution is 5.37. The van der Waals surface area contributed by atoms with E-state index in [2.05, 4.69) is 15.0 Å². The standard InChI is InChI=1S/C11H13N5/c12-6-9-7-15-10(16-11(9)13)5-8-1-3-14-4-2-8/h1-4,7H,5-6,12H2,(H2,13,15,16). The van der Waals surface area contributed by atoms with Gasteiger partial charge in [-0.2, -0.15) is 0 Å². The zero-order chi connectivity index (χ0) is 11.4. The molecule has 0 aliphatic carbocycles. The fraction of sp³-hybridized carbons (Fsp3) is 0.182. The second-order valence-corrected chi connectivity index (χ2v) is 3.43. The van der Waals surface area contributed by atoms with Crippen LogP contribution in [0, 0.1) is 0 Å². The van der Waals surface area contributed by atoms with E-state index in [0.717, 1.165) is 11.1 Å². The third kappa shape index (κ3) is 2.32. The molecule has 0 atom stereocenters. The molecule has 0 aromatic carbocycles. The van der Waals surface area contributed by atoms with Gasteiger partial charge >= 0.3 is 0 Å². The molecule has 0 aliphatic rings. The molecule has 0 amide bonds. The molecule has 2 heterocycles. The van der Waals surface area contributed by atoms with E-state index in [1.165, 1.54) is 0 Å². The lowest BCUT2D eigenvalue weighted by atomic mass is 10.2. The van der Waals surface area contributed by atoms with Crippen LogP contribution in [0.4, 0.5) is 5.82 Å². The van der Waals surface area contributed by atoms with Crippen molar-refractivity contribution in [2.45, 2.75) is 13.0 Å². The molecular formula is C11H13N5. The monoisotopic (exact) mass is 215 g/mol. The average molecular weight is 215 g/mol. The number of hydrogen-bond donors (Lipinski definition) is 2. The molecular weight excluding hydrogens is 202 g/mol. The average Bonchev–Trinajstić information content (AvgIpc) is 2.31. The molecule has 5 nitrogen and oxygen atoms in total. The number of rotatable bonds is 3. The van der Waals surface area contributed by atoms with Crippen molar-refractivity contribution in [2.75, 3.05) is 5.73 Å². The second kappa shape index (κ2) is 4.67. The van der Waals surface area contributed by atoms with Gasteiger partial charge in [0.2, 0.25) is 0 Å². The molecule has 0 spiro atoms. The van der Waals surface area contributed by atoms with E-state index in [9.17, 15) is 0 Å². The van der Waals surface area contributed by atoms with Crippen molar-refractivity contribution in [3.05, 3.63) is 47.7 Å². The third-order valence-electron chi connectivity index (χ3n) is 2.28. The van der Waals surface area contributed by atoms with Crippen LogP contribution < -0.4 is 11.5 Å². The van der Waals surface area contributed by atoms with E-state index in [1.54, 1.807) is 18.6 Å². The largest absolute Gasteiger partial charge is 0.383 e. The number of nitrogens with zero attached hydrogens (tertiary/aromatic N) is 3. The molecule has 0 saturated carbocycles. The fourth-order valence-corrected chi connectivity index (χ4v) is 1.38. The number of nitrogen functional groups attached to an aromatic ring is 1. The summed E-state index contributed by atoms with van der Waals surface area (Å²) in [7, 11) is 0. The Bertz CT molecular complexity index is 469. The zero-order valence-corrected chi connectivity index (χ0v) is 8.80. The first-order chi connectivity index (χ1) is 7.79. The van der Waals surface area contributed by atoms with Crippen LogP contribution >= 0.6 is 0 Å². The summed E-state index contributed by atoms with van der Waals surface area (Å²) < 4.78 is 0. The fourth-order valence-electron chi connectivity index (χ4n) is 1.38. The molecule has 0 unspecified atom stereocenters. The van der Waals surface area contributed by atoms with Crippen LogP contribution in [0.3, 0.4) is 0 Å². The van der Waals surface area contributed by atoms with Crippen LogP contribution in [-0.4, -0.2) is 15.0 Å². The summed E-state index contributed by atoms with van der Waals surface area (Å²) in [6.45, 7) is 0.362. The molecule has 0 bridgehead atoms. The van der Waals surface area contributed by atoms with Crippen molar-refractivity contribution in [1.82, 2.24) is 15.0 Å². The third-order valence-corrected chi connectivity index (χ3v) is 2.28. The minimum Gasteiger partial charge on any atom is -0.383 e. The molecule has 82 valence electrons. The molecule has 0 radical (unpaired) electrons. The summed E-state index contributed by atoms with van der Waals surface area (Å²) in [5, 5.41) is 0. The quantitative estimate of drug-likeness (QED) is 0.778. The lowest BCUT2D eigenvalue weighted by Gasteiger charge is -2.04. The number of aromatic nitrogens is 3. The Hall–Kier alpha value is -2.01. The van der Waals surface area contributed by atoms with Gasteiger partial charge in [-0.05, 0) is 17.7 Å². The molecule has 5 heteroatoms. The maximum absolute atomic E-state index is 5.74. The maximum atomic E-state index is 5.74. The summed E-state index contributed by atoms with van der Waals surface area (Å²) in [5.74, 6) is 1.16. The first-order valence-electron chi connectivity index (χ1n) is 4.99. The highest BCUT2D eigenvalue weighted by atomic mass is 14.9. The SMILES string of the molecule is NCc1cnc(Cc2ccncc2)nc1N. The predicted octanol–water partition coefficient (Wildman–Crippen LogP) is 0.503. The van der Waals surface area contributed by atoms with Crippen LogP contribution in [0.1, 0.15) is 17.0 Å². The summed E-state index contributed by atoms with van der Waals surface area (Å²) >= 11 is 0. The van der Waals surface area contributed by atoms with Crippen molar-refractivity contribution in [1.29, 1.82) is 0 Å². The summed E-state index contributed by atoms with van der Waals surface area (Å²) in [6, 6.07) is 3.85. The Balaban J connectivity index is 2.20.